The van der Waals surface area contributed by atoms with E-state index in [4.69, 9.17) is 16.7 Å². The van der Waals surface area contributed by atoms with Gasteiger partial charge in [0.25, 0.3) is 5.91 Å². The monoisotopic (exact) mass is 282 g/mol. The maximum atomic E-state index is 11.4. The highest BCUT2D eigenvalue weighted by Crippen LogP contribution is 2.38. The molecule has 0 spiro atoms. The van der Waals surface area contributed by atoms with Gasteiger partial charge in [0, 0.05) is 24.3 Å². The van der Waals surface area contributed by atoms with Crippen molar-refractivity contribution in [3.63, 3.8) is 0 Å². The lowest BCUT2D eigenvalue weighted by atomic mass is 10.1. The number of nitrogens with one attached hydrogen (secondary N) is 1. The first-order valence-corrected chi connectivity index (χ1v) is 6.25. The Kier molecular flexibility index (Phi) is 4.09. The first-order chi connectivity index (χ1) is 9.08. The minimum absolute atomic E-state index is 0.0176. The zero-order chi connectivity index (χ0) is 14.0. The van der Waals surface area contributed by atoms with E-state index in [1.165, 1.54) is 0 Å². The molecule has 0 fully saturated rings. The second-order valence-electron chi connectivity index (χ2n) is 4.24. The summed E-state index contributed by atoms with van der Waals surface area (Å²) in [7, 11) is 0. The molecule has 1 atom stereocenters. The highest BCUT2D eigenvalue weighted by atomic mass is 35.5. The molecule has 2 rings (SSSR count). The van der Waals surface area contributed by atoms with E-state index in [1.807, 2.05) is 4.90 Å². The van der Waals surface area contributed by atoms with E-state index >= 15 is 0 Å². The van der Waals surface area contributed by atoms with Crippen molar-refractivity contribution in [1.82, 2.24) is 0 Å². The van der Waals surface area contributed by atoms with E-state index in [9.17, 15) is 9.90 Å². The van der Waals surface area contributed by atoms with Gasteiger partial charge in [0.05, 0.1) is 17.3 Å². The summed E-state index contributed by atoms with van der Waals surface area (Å²) in [6, 6.07) is 3.27. The van der Waals surface area contributed by atoms with Crippen LogP contribution in [-0.2, 0) is 4.79 Å². The molecule has 1 aromatic carbocycles. The van der Waals surface area contributed by atoms with Crippen LogP contribution >= 0.6 is 11.6 Å². The number of anilines is 2. The van der Waals surface area contributed by atoms with Gasteiger partial charge in [0.2, 0.25) is 0 Å². The number of halogens is 1. The highest BCUT2D eigenvalue weighted by Gasteiger charge is 2.30. The molecule has 3 N–H and O–H groups in total. The summed E-state index contributed by atoms with van der Waals surface area (Å²) < 4.78 is 0. The van der Waals surface area contributed by atoms with Gasteiger partial charge in [-0.1, -0.05) is 17.7 Å². The molecule has 0 saturated carbocycles. The van der Waals surface area contributed by atoms with E-state index in [2.05, 4.69) is 11.9 Å². The molecule has 102 valence electrons. The number of fused-ring (bicyclic) bond motifs is 1. The van der Waals surface area contributed by atoms with E-state index in [0.717, 1.165) is 0 Å². The third-order valence-corrected chi connectivity index (χ3v) is 3.28. The standard InChI is InChI=1S/C13H15ClN2O3/c1-2-3-16(4-5-17)11-7-10-8(6-9(11)14)12(18)13(19)15-10/h2,6-7,12,17-18H,1,3-5H2,(H,15,19). The predicted octanol–water partition coefficient (Wildman–Crippen LogP) is 1.31. The van der Waals surface area contributed by atoms with Gasteiger partial charge in [-0.2, -0.15) is 0 Å². The first kappa shape index (κ1) is 13.9. The predicted molar refractivity (Wildman–Crippen MR) is 74.5 cm³/mol. The van der Waals surface area contributed by atoms with Gasteiger partial charge in [-0.3, -0.25) is 4.79 Å². The number of carbonyl (C=O) groups is 1. The number of benzene rings is 1. The number of hydrogen-bond acceptors (Lipinski definition) is 4. The summed E-state index contributed by atoms with van der Waals surface area (Å²) in [5.41, 5.74) is 1.70. The van der Waals surface area contributed by atoms with Crippen LogP contribution < -0.4 is 10.2 Å². The molecular weight excluding hydrogens is 268 g/mol. The maximum Gasteiger partial charge on any atom is 0.257 e. The quantitative estimate of drug-likeness (QED) is 0.712. The first-order valence-electron chi connectivity index (χ1n) is 5.87. The third-order valence-electron chi connectivity index (χ3n) is 2.98. The van der Waals surface area contributed by atoms with Gasteiger partial charge < -0.3 is 20.4 Å². The lowest BCUT2D eigenvalue weighted by Gasteiger charge is -2.24. The fourth-order valence-corrected chi connectivity index (χ4v) is 2.37. The molecule has 1 heterocycles. The van der Waals surface area contributed by atoms with Gasteiger partial charge in [-0.25, -0.2) is 0 Å². The van der Waals surface area contributed by atoms with Crippen molar-refractivity contribution in [3.8, 4) is 0 Å². The fraction of sp³-hybridized carbons (Fsp3) is 0.308. The molecule has 0 aliphatic carbocycles. The molecule has 5 nitrogen and oxygen atoms in total. The summed E-state index contributed by atoms with van der Waals surface area (Å²) in [5, 5.41) is 21.7. The minimum Gasteiger partial charge on any atom is -0.395 e. The zero-order valence-electron chi connectivity index (χ0n) is 10.3. The Morgan fingerprint density at radius 1 is 1.53 bits per heavy atom. The maximum absolute atomic E-state index is 11.4. The van der Waals surface area contributed by atoms with Crippen molar-refractivity contribution in [2.75, 3.05) is 29.9 Å². The Morgan fingerprint density at radius 3 is 2.89 bits per heavy atom. The lowest BCUT2D eigenvalue weighted by molar-refractivity contribution is -0.123. The molecule has 1 unspecified atom stereocenters. The SMILES string of the molecule is C=CCN(CCO)c1cc2c(cc1Cl)C(O)C(=O)N2. The molecule has 1 aliphatic rings. The van der Waals surface area contributed by atoms with Gasteiger partial charge in [-0.15, -0.1) is 6.58 Å². The minimum atomic E-state index is -1.17. The number of carbonyl (C=O) groups excluding carboxylic acids is 1. The summed E-state index contributed by atoms with van der Waals surface area (Å²) in [4.78, 5) is 13.2. The van der Waals surface area contributed by atoms with Crippen molar-refractivity contribution in [2.24, 2.45) is 0 Å². The van der Waals surface area contributed by atoms with Gasteiger partial charge in [0.15, 0.2) is 6.10 Å². The average molecular weight is 283 g/mol. The molecule has 0 aromatic heterocycles. The van der Waals surface area contributed by atoms with Crippen molar-refractivity contribution in [3.05, 3.63) is 35.4 Å². The van der Waals surface area contributed by atoms with Crippen molar-refractivity contribution >= 4 is 28.9 Å². The average Bonchev–Trinajstić information content (AvgIpc) is 2.64. The van der Waals surface area contributed by atoms with E-state index < -0.39 is 12.0 Å². The van der Waals surface area contributed by atoms with Crippen LogP contribution in [0.2, 0.25) is 5.02 Å². The molecule has 1 aromatic rings. The summed E-state index contributed by atoms with van der Waals surface area (Å²) in [6.07, 6.45) is 0.527. The Labute approximate surface area is 116 Å². The summed E-state index contributed by atoms with van der Waals surface area (Å²) >= 11 is 6.18. The molecule has 19 heavy (non-hydrogen) atoms. The number of rotatable bonds is 5. The number of aliphatic hydroxyl groups excluding tert-OH is 2. The van der Waals surface area contributed by atoms with Gasteiger partial charge in [-0.05, 0) is 12.1 Å². The van der Waals surface area contributed by atoms with Crippen LogP contribution in [-0.4, -0.2) is 35.8 Å². The van der Waals surface area contributed by atoms with Crippen molar-refractivity contribution in [2.45, 2.75) is 6.10 Å². The molecule has 6 heteroatoms. The summed E-state index contributed by atoms with van der Waals surface area (Å²) in [6.45, 7) is 4.57. The Balaban J connectivity index is 2.40. The second-order valence-corrected chi connectivity index (χ2v) is 4.65. The Morgan fingerprint density at radius 2 is 2.26 bits per heavy atom. The zero-order valence-corrected chi connectivity index (χ0v) is 11.0. The van der Waals surface area contributed by atoms with Gasteiger partial charge >= 0.3 is 0 Å². The summed E-state index contributed by atoms with van der Waals surface area (Å²) in [5.74, 6) is -0.458. The smallest absolute Gasteiger partial charge is 0.257 e. The Bertz CT molecular complexity index is 519. The van der Waals surface area contributed by atoms with Crippen LogP contribution in [0.15, 0.2) is 24.8 Å². The molecule has 0 saturated heterocycles. The number of hydrogen-bond donors (Lipinski definition) is 3. The molecule has 1 aliphatic heterocycles. The van der Waals surface area contributed by atoms with Crippen LogP contribution in [0.4, 0.5) is 11.4 Å². The number of nitrogens with zero attached hydrogens (tertiary/aromatic N) is 1. The van der Waals surface area contributed by atoms with E-state index in [1.54, 1.807) is 18.2 Å². The normalized spacial score (nSPS) is 17.0. The van der Waals surface area contributed by atoms with Crippen LogP contribution in [0, 0.1) is 0 Å². The topological polar surface area (TPSA) is 72.8 Å². The fourth-order valence-electron chi connectivity index (χ4n) is 2.08. The third kappa shape index (κ3) is 2.58. The van der Waals surface area contributed by atoms with Crippen molar-refractivity contribution < 1.29 is 15.0 Å². The highest BCUT2D eigenvalue weighted by molar-refractivity contribution is 6.33. The molecule has 0 radical (unpaired) electrons. The lowest BCUT2D eigenvalue weighted by Crippen LogP contribution is -2.27. The van der Waals surface area contributed by atoms with Crippen LogP contribution in [0.25, 0.3) is 0 Å². The Hall–Kier alpha value is -1.56. The number of aliphatic hydroxyl groups is 2. The van der Waals surface area contributed by atoms with Crippen LogP contribution in [0.1, 0.15) is 11.7 Å². The van der Waals surface area contributed by atoms with Crippen LogP contribution in [0.5, 0.6) is 0 Å². The molecule has 1 amide bonds. The van der Waals surface area contributed by atoms with Crippen LogP contribution in [0.3, 0.4) is 0 Å². The van der Waals surface area contributed by atoms with Crippen molar-refractivity contribution in [1.29, 1.82) is 0 Å². The second kappa shape index (κ2) is 5.61. The van der Waals surface area contributed by atoms with E-state index in [-0.39, 0.29) is 6.61 Å². The van der Waals surface area contributed by atoms with Gasteiger partial charge in [0.1, 0.15) is 0 Å². The van der Waals surface area contributed by atoms with E-state index in [0.29, 0.717) is 35.1 Å². The molecule has 0 bridgehead atoms. The molecular formula is C13H15ClN2O3. The number of amides is 1. The largest absolute Gasteiger partial charge is 0.395 e.